The number of anilines is 2. The van der Waals surface area contributed by atoms with Gasteiger partial charge < -0.3 is 15.4 Å². The Kier molecular flexibility index (Phi) is 5.17. The number of nitrogens with one attached hydrogen (secondary N) is 2. The van der Waals surface area contributed by atoms with E-state index in [1.807, 2.05) is 31.3 Å². The monoisotopic (exact) mass is 331 g/mol. The number of aromatic nitrogens is 3. The normalized spacial score (nSPS) is 14.7. The Balaban J connectivity index is 1.76. The molecule has 122 valence electrons. The molecule has 1 aliphatic rings. The molecule has 1 aliphatic carbocycles. The summed E-state index contributed by atoms with van der Waals surface area (Å²) >= 11 is 1.51. The molecule has 2 aromatic rings. The van der Waals surface area contributed by atoms with Crippen molar-refractivity contribution in [1.82, 2.24) is 15.0 Å². The topological polar surface area (TPSA) is 72.0 Å². The third-order valence-corrected chi connectivity index (χ3v) is 4.67. The first-order chi connectivity index (χ1) is 11.3. The molecule has 0 spiro atoms. The van der Waals surface area contributed by atoms with E-state index in [1.165, 1.54) is 37.4 Å². The second-order valence-electron chi connectivity index (χ2n) is 5.42. The van der Waals surface area contributed by atoms with Crippen LogP contribution in [0.3, 0.4) is 0 Å². The minimum atomic E-state index is 0.473. The van der Waals surface area contributed by atoms with Crippen LogP contribution in [-0.2, 0) is 0 Å². The molecule has 0 atom stereocenters. The highest BCUT2D eigenvalue weighted by atomic mass is 32.2. The summed E-state index contributed by atoms with van der Waals surface area (Å²) in [6, 6.07) is 8.33. The van der Waals surface area contributed by atoms with Crippen LogP contribution in [-0.4, -0.2) is 35.2 Å². The molecule has 6 nitrogen and oxygen atoms in total. The lowest BCUT2D eigenvalue weighted by atomic mass is 10.3. The van der Waals surface area contributed by atoms with Crippen molar-refractivity contribution in [1.29, 1.82) is 0 Å². The van der Waals surface area contributed by atoms with E-state index in [4.69, 9.17) is 4.74 Å². The quantitative estimate of drug-likeness (QED) is 0.840. The molecule has 0 saturated heterocycles. The Morgan fingerprint density at radius 2 is 1.74 bits per heavy atom. The fourth-order valence-corrected chi connectivity index (χ4v) is 3.33. The highest BCUT2D eigenvalue weighted by Crippen LogP contribution is 2.28. The van der Waals surface area contributed by atoms with Gasteiger partial charge in [0.25, 0.3) is 0 Å². The second-order valence-corrected chi connectivity index (χ2v) is 6.46. The first-order valence-corrected chi connectivity index (χ1v) is 8.61. The SMILES string of the molecule is CNc1nc(NC2CCCC2)nc(Sc2ccc(OC)cc2)n1. The van der Waals surface area contributed by atoms with Gasteiger partial charge in [-0.25, -0.2) is 0 Å². The summed E-state index contributed by atoms with van der Waals surface area (Å²) in [5.74, 6) is 2.06. The second kappa shape index (κ2) is 7.50. The molecule has 1 saturated carbocycles. The van der Waals surface area contributed by atoms with Crippen LogP contribution in [0.5, 0.6) is 5.75 Å². The Bertz CT molecular complexity index is 643. The molecule has 1 aromatic carbocycles. The number of ether oxygens (including phenoxy) is 1. The number of hydrogen-bond donors (Lipinski definition) is 2. The van der Waals surface area contributed by atoms with Crippen molar-refractivity contribution in [2.45, 2.75) is 41.8 Å². The molecule has 0 unspecified atom stereocenters. The molecule has 0 amide bonds. The molecule has 7 heteroatoms. The number of nitrogens with zero attached hydrogens (tertiary/aromatic N) is 3. The third kappa shape index (κ3) is 4.25. The first-order valence-electron chi connectivity index (χ1n) is 7.79. The summed E-state index contributed by atoms with van der Waals surface area (Å²) in [4.78, 5) is 14.4. The average Bonchev–Trinajstić information content (AvgIpc) is 3.08. The zero-order valence-electron chi connectivity index (χ0n) is 13.4. The van der Waals surface area contributed by atoms with Crippen LogP contribution in [0, 0.1) is 0 Å². The summed E-state index contributed by atoms with van der Waals surface area (Å²) in [5, 5.41) is 7.10. The smallest absolute Gasteiger partial charge is 0.228 e. The molecule has 23 heavy (non-hydrogen) atoms. The van der Waals surface area contributed by atoms with Gasteiger partial charge in [0, 0.05) is 18.0 Å². The van der Waals surface area contributed by atoms with Crippen LogP contribution in [0.15, 0.2) is 34.3 Å². The van der Waals surface area contributed by atoms with Gasteiger partial charge in [-0.05, 0) is 48.9 Å². The van der Waals surface area contributed by atoms with Gasteiger partial charge in [0.15, 0.2) is 5.16 Å². The molecule has 0 aliphatic heterocycles. The van der Waals surface area contributed by atoms with Gasteiger partial charge in [0.1, 0.15) is 5.75 Å². The maximum Gasteiger partial charge on any atom is 0.228 e. The molecule has 0 radical (unpaired) electrons. The van der Waals surface area contributed by atoms with Gasteiger partial charge >= 0.3 is 0 Å². The van der Waals surface area contributed by atoms with Crippen LogP contribution in [0.1, 0.15) is 25.7 Å². The average molecular weight is 331 g/mol. The highest BCUT2D eigenvalue weighted by Gasteiger charge is 2.17. The van der Waals surface area contributed by atoms with E-state index in [2.05, 4.69) is 25.6 Å². The lowest BCUT2D eigenvalue weighted by Gasteiger charge is -2.13. The summed E-state index contributed by atoms with van der Waals surface area (Å²) < 4.78 is 5.18. The van der Waals surface area contributed by atoms with Crippen molar-refractivity contribution in [3.63, 3.8) is 0 Å². The lowest BCUT2D eigenvalue weighted by Crippen LogP contribution is -2.17. The molecule has 1 fully saturated rings. The van der Waals surface area contributed by atoms with E-state index < -0.39 is 0 Å². The van der Waals surface area contributed by atoms with Crippen LogP contribution < -0.4 is 15.4 Å². The van der Waals surface area contributed by atoms with Crippen molar-refractivity contribution in [3.05, 3.63) is 24.3 Å². The summed E-state index contributed by atoms with van der Waals surface area (Å²) in [6.45, 7) is 0. The van der Waals surface area contributed by atoms with E-state index in [0.29, 0.717) is 23.1 Å². The van der Waals surface area contributed by atoms with Crippen molar-refractivity contribution in [2.75, 3.05) is 24.8 Å². The van der Waals surface area contributed by atoms with Crippen molar-refractivity contribution < 1.29 is 4.74 Å². The maximum atomic E-state index is 5.18. The van der Waals surface area contributed by atoms with Gasteiger partial charge in [-0.2, -0.15) is 15.0 Å². The minimum absolute atomic E-state index is 0.473. The Hall–Kier alpha value is -2.02. The summed E-state index contributed by atoms with van der Waals surface area (Å²) in [6.07, 6.45) is 4.91. The fourth-order valence-electron chi connectivity index (χ4n) is 2.58. The van der Waals surface area contributed by atoms with Crippen LogP contribution in [0.25, 0.3) is 0 Å². The van der Waals surface area contributed by atoms with Gasteiger partial charge in [0.05, 0.1) is 7.11 Å². The fraction of sp³-hybridized carbons (Fsp3) is 0.438. The molecule has 2 N–H and O–H groups in total. The largest absolute Gasteiger partial charge is 0.497 e. The minimum Gasteiger partial charge on any atom is -0.497 e. The van der Waals surface area contributed by atoms with Crippen molar-refractivity contribution in [2.24, 2.45) is 0 Å². The Labute approximate surface area is 140 Å². The van der Waals surface area contributed by atoms with Crippen molar-refractivity contribution in [3.8, 4) is 5.75 Å². The number of rotatable bonds is 6. The molecule has 3 rings (SSSR count). The predicted octanol–water partition coefficient (Wildman–Crippen LogP) is 3.43. The van der Waals surface area contributed by atoms with E-state index in [-0.39, 0.29) is 0 Å². The van der Waals surface area contributed by atoms with Gasteiger partial charge in [-0.1, -0.05) is 12.8 Å². The summed E-state index contributed by atoms with van der Waals surface area (Å²) in [5.41, 5.74) is 0. The zero-order valence-corrected chi connectivity index (χ0v) is 14.2. The van der Waals surface area contributed by atoms with E-state index in [0.717, 1.165) is 10.6 Å². The van der Waals surface area contributed by atoms with Crippen molar-refractivity contribution >= 4 is 23.7 Å². The molecule has 0 bridgehead atoms. The van der Waals surface area contributed by atoms with Gasteiger partial charge in [-0.15, -0.1) is 0 Å². The predicted molar refractivity (Wildman–Crippen MR) is 92.4 cm³/mol. The Morgan fingerprint density at radius 1 is 1.04 bits per heavy atom. The van der Waals surface area contributed by atoms with E-state index in [9.17, 15) is 0 Å². The maximum absolute atomic E-state index is 5.18. The molecular weight excluding hydrogens is 310 g/mol. The van der Waals surface area contributed by atoms with Gasteiger partial charge in [-0.3, -0.25) is 0 Å². The van der Waals surface area contributed by atoms with Gasteiger partial charge in [0.2, 0.25) is 11.9 Å². The number of hydrogen-bond acceptors (Lipinski definition) is 7. The highest BCUT2D eigenvalue weighted by molar-refractivity contribution is 7.99. The van der Waals surface area contributed by atoms with Crippen LogP contribution >= 0.6 is 11.8 Å². The van der Waals surface area contributed by atoms with E-state index in [1.54, 1.807) is 7.11 Å². The summed E-state index contributed by atoms with van der Waals surface area (Å²) in [7, 11) is 3.48. The Morgan fingerprint density at radius 3 is 2.39 bits per heavy atom. The molecular formula is C16H21N5OS. The molecule has 1 heterocycles. The van der Waals surface area contributed by atoms with E-state index >= 15 is 0 Å². The lowest BCUT2D eigenvalue weighted by molar-refractivity contribution is 0.414. The number of methoxy groups -OCH3 is 1. The first kappa shape index (κ1) is 15.9. The zero-order chi connectivity index (χ0) is 16.1. The van der Waals surface area contributed by atoms with Crippen LogP contribution in [0.4, 0.5) is 11.9 Å². The third-order valence-electron chi connectivity index (χ3n) is 3.80. The number of benzene rings is 1. The standard InChI is InChI=1S/C16H21N5OS/c1-17-14-19-15(18-11-5-3-4-6-11)21-16(20-14)23-13-9-7-12(22-2)8-10-13/h7-11H,3-6H2,1-2H3,(H2,17,18,19,20,21). The molecule has 1 aromatic heterocycles. The van der Waals surface area contributed by atoms with Crippen LogP contribution in [0.2, 0.25) is 0 Å².